The van der Waals surface area contributed by atoms with Crippen LogP contribution < -0.4 is 4.90 Å². The molecule has 0 spiro atoms. The lowest BCUT2D eigenvalue weighted by Gasteiger charge is -2.34. The van der Waals surface area contributed by atoms with Crippen LogP contribution in [0.5, 0.6) is 0 Å². The predicted octanol–water partition coefficient (Wildman–Crippen LogP) is 3.14. The standard InChI is InChI=1S/C23H24N4O4S2/c1-31-15-14-27(23-24-18-7-3-4-8-19(18)32-23)22(28)16-10-12-26(13-11-16)21-17-6-2-5-9-20(17)33(29,30)25-21/h2-9,16H,10-15H2,1H3. The number of carbonyl (C=O) groups is 1. The number of fused-ring (bicyclic) bond motifs is 2. The molecule has 0 aliphatic carbocycles. The van der Waals surface area contributed by atoms with Crippen LogP contribution in [0.4, 0.5) is 5.13 Å². The fraction of sp³-hybridized carbons (Fsp3) is 0.348. The minimum Gasteiger partial charge on any atom is -0.383 e. The molecule has 2 aliphatic heterocycles. The van der Waals surface area contributed by atoms with Crippen LogP contribution in [0.3, 0.4) is 0 Å². The lowest BCUT2D eigenvalue weighted by Crippen LogP contribution is -2.45. The third kappa shape index (κ3) is 4.14. The fourth-order valence-corrected chi connectivity index (χ4v) is 6.56. The number of methoxy groups -OCH3 is 1. The summed E-state index contributed by atoms with van der Waals surface area (Å²) in [6, 6.07) is 14.7. The average molecular weight is 485 g/mol. The molecule has 0 radical (unpaired) electrons. The Hall–Kier alpha value is -2.82. The third-order valence-electron chi connectivity index (χ3n) is 6.05. The molecule has 3 aromatic rings. The van der Waals surface area contributed by atoms with Gasteiger partial charge >= 0.3 is 0 Å². The Bertz CT molecular complexity index is 1290. The first-order valence-corrected chi connectivity index (χ1v) is 13.1. The fourth-order valence-electron chi connectivity index (χ4n) is 4.33. The number of para-hydroxylation sites is 1. The largest absolute Gasteiger partial charge is 0.383 e. The van der Waals surface area contributed by atoms with Gasteiger partial charge in [0.25, 0.3) is 10.0 Å². The van der Waals surface area contributed by atoms with Gasteiger partial charge in [0.05, 0.1) is 23.4 Å². The molecule has 0 bridgehead atoms. The van der Waals surface area contributed by atoms with Crippen LogP contribution in [0.25, 0.3) is 10.2 Å². The van der Waals surface area contributed by atoms with Crippen molar-refractivity contribution in [3.05, 3.63) is 54.1 Å². The van der Waals surface area contributed by atoms with E-state index < -0.39 is 10.0 Å². The molecule has 172 valence electrons. The van der Waals surface area contributed by atoms with Crippen molar-refractivity contribution in [1.29, 1.82) is 0 Å². The topological polar surface area (TPSA) is 92.2 Å². The van der Waals surface area contributed by atoms with Gasteiger partial charge in [-0.3, -0.25) is 9.69 Å². The van der Waals surface area contributed by atoms with E-state index in [4.69, 9.17) is 4.74 Å². The lowest BCUT2D eigenvalue weighted by molar-refractivity contribution is -0.123. The normalized spacial score (nSPS) is 17.7. The molecule has 0 saturated carbocycles. The number of carbonyl (C=O) groups excluding carboxylic acids is 1. The molecule has 2 aliphatic rings. The van der Waals surface area contributed by atoms with Crippen molar-refractivity contribution in [1.82, 2.24) is 9.88 Å². The maximum atomic E-state index is 13.5. The van der Waals surface area contributed by atoms with Crippen molar-refractivity contribution >= 4 is 48.5 Å². The molecule has 5 rings (SSSR count). The predicted molar refractivity (Wildman–Crippen MR) is 128 cm³/mol. The van der Waals surface area contributed by atoms with E-state index >= 15 is 0 Å². The monoisotopic (exact) mass is 484 g/mol. The number of nitrogens with zero attached hydrogens (tertiary/aromatic N) is 4. The number of hydrogen-bond acceptors (Lipinski definition) is 7. The Kier molecular flexibility index (Phi) is 5.90. The zero-order valence-electron chi connectivity index (χ0n) is 18.2. The molecule has 8 nitrogen and oxygen atoms in total. The highest BCUT2D eigenvalue weighted by Gasteiger charge is 2.36. The van der Waals surface area contributed by atoms with E-state index in [1.165, 1.54) is 11.3 Å². The zero-order chi connectivity index (χ0) is 23.0. The molecule has 33 heavy (non-hydrogen) atoms. The number of amidine groups is 1. The van der Waals surface area contributed by atoms with E-state index in [1.54, 1.807) is 30.2 Å². The van der Waals surface area contributed by atoms with E-state index in [0.29, 0.717) is 55.6 Å². The van der Waals surface area contributed by atoms with Gasteiger partial charge in [-0.2, -0.15) is 8.42 Å². The Morgan fingerprint density at radius 3 is 2.64 bits per heavy atom. The average Bonchev–Trinajstić information content (AvgIpc) is 3.38. The van der Waals surface area contributed by atoms with E-state index in [1.807, 2.05) is 35.2 Å². The van der Waals surface area contributed by atoms with Crippen molar-refractivity contribution < 1.29 is 17.9 Å². The molecule has 1 saturated heterocycles. The van der Waals surface area contributed by atoms with Crippen LogP contribution in [-0.4, -0.2) is 63.4 Å². The summed E-state index contributed by atoms with van der Waals surface area (Å²) >= 11 is 1.50. The minimum atomic E-state index is -3.66. The first kappa shape index (κ1) is 22.0. The number of sulfonamides is 1. The quantitative estimate of drug-likeness (QED) is 0.553. The van der Waals surface area contributed by atoms with Gasteiger partial charge in [-0.25, -0.2) is 4.98 Å². The van der Waals surface area contributed by atoms with Gasteiger partial charge in [-0.05, 0) is 37.1 Å². The van der Waals surface area contributed by atoms with Crippen LogP contribution in [-0.2, 0) is 19.6 Å². The molecular formula is C23H24N4O4S2. The molecule has 1 fully saturated rings. The number of benzene rings is 2. The Balaban J connectivity index is 1.33. The number of aromatic nitrogens is 1. The first-order valence-electron chi connectivity index (χ1n) is 10.8. The number of piperidine rings is 1. The summed E-state index contributed by atoms with van der Waals surface area (Å²) in [6.07, 6.45) is 1.24. The molecule has 3 heterocycles. The van der Waals surface area contributed by atoms with E-state index in [0.717, 1.165) is 10.2 Å². The van der Waals surface area contributed by atoms with Gasteiger partial charge in [-0.1, -0.05) is 35.6 Å². The molecule has 0 unspecified atom stereocenters. The maximum Gasteiger partial charge on any atom is 0.285 e. The molecule has 0 atom stereocenters. The molecule has 2 aromatic carbocycles. The van der Waals surface area contributed by atoms with Crippen molar-refractivity contribution in [3.8, 4) is 0 Å². The van der Waals surface area contributed by atoms with Gasteiger partial charge in [0.1, 0.15) is 4.90 Å². The number of hydrogen-bond donors (Lipinski definition) is 0. The second-order valence-electron chi connectivity index (χ2n) is 8.09. The van der Waals surface area contributed by atoms with E-state index in [9.17, 15) is 13.2 Å². The van der Waals surface area contributed by atoms with Crippen molar-refractivity contribution in [2.24, 2.45) is 10.3 Å². The Morgan fingerprint density at radius 2 is 1.88 bits per heavy atom. The third-order valence-corrected chi connectivity index (χ3v) is 8.44. The van der Waals surface area contributed by atoms with E-state index in [2.05, 4.69) is 9.38 Å². The van der Waals surface area contributed by atoms with Crippen LogP contribution in [0.1, 0.15) is 18.4 Å². The molecule has 1 amide bonds. The summed E-state index contributed by atoms with van der Waals surface area (Å²) in [5.41, 5.74) is 1.51. The molecule has 1 aromatic heterocycles. The van der Waals surface area contributed by atoms with E-state index in [-0.39, 0.29) is 16.7 Å². The number of amides is 1. The van der Waals surface area contributed by atoms with Gasteiger partial charge in [0.2, 0.25) is 5.91 Å². The van der Waals surface area contributed by atoms with Crippen molar-refractivity contribution in [2.45, 2.75) is 17.7 Å². The summed E-state index contributed by atoms with van der Waals surface area (Å²) in [6.45, 7) is 1.99. The lowest BCUT2D eigenvalue weighted by atomic mass is 9.94. The van der Waals surface area contributed by atoms with Crippen LogP contribution in [0.2, 0.25) is 0 Å². The molecular weight excluding hydrogens is 460 g/mol. The van der Waals surface area contributed by atoms with Gasteiger partial charge in [-0.15, -0.1) is 4.40 Å². The second kappa shape index (κ2) is 8.85. The number of ether oxygens (including phenoxy) is 1. The smallest absolute Gasteiger partial charge is 0.285 e. The highest BCUT2D eigenvalue weighted by molar-refractivity contribution is 7.90. The highest BCUT2D eigenvalue weighted by atomic mass is 32.2. The second-order valence-corrected chi connectivity index (χ2v) is 10.7. The summed E-state index contributed by atoms with van der Waals surface area (Å²) < 4.78 is 35.1. The van der Waals surface area contributed by atoms with Crippen LogP contribution >= 0.6 is 11.3 Å². The number of anilines is 1. The Morgan fingerprint density at radius 1 is 1.15 bits per heavy atom. The minimum absolute atomic E-state index is 0.0344. The SMILES string of the molecule is COCCN(C(=O)C1CCN(C2=NS(=O)(=O)c3ccccc32)CC1)c1nc2ccccc2s1. The maximum absolute atomic E-state index is 13.5. The summed E-state index contributed by atoms with van der Waals surface area (Å²) in [4.78, 5) is 22.1. The zero-order valence-corrected chi connectivity index (χ0v) is 19.8. The van der Waals surface area contributed by atoms with Crippen molar-refractivity contribution in [2.75, 3.05) is 38.3 Å². The highest BCUT2D eigenvalue weighted by Crippen LogP contribution is 2.33. The number of thiazole rings is 1. The number of rotatable bonds is 5. The van der Waals surface area contributed by atoms with Crippen LogP contribution in [0, 0.1) is 5.92 Å². The summed E-state index contributed by atoms with van der Waals surface area (Å²) in [5, 5.41) is 0.681. The Labute approximate surface area is 196 Å². The number of likely N-dealkylation sites (tertiary alicyclic amines) is 1. The molecule has 0 N–H and O–H groups in total. The summed E-state index contributed by atoms with van der Waals surface area (Å²) in [5.74, 6) is 0.352. The van der Waals surface area contributed by atoms with Gasteiger partial charge < -0.3 is 9.64 Å². The first-order chi connectivity index (χ1) is 16.0. The van der Waals surface area contributed by atoms with Gasteiger partial charge in [0.15, 0.2) is 11.0 Å². The van der Waals surface area contributed by atoms with Crippen molar-refractivity contribution in [3.63, 3.8) is 0 Å². The van der Waals surface area contributed by atoms with Gasteiger partial charge in [0, 0.05) is 31.7 Å². The molecule has 10 heteroatoms. The summed E-state index contributed by atoms with van der Waals surface area (Å²) in [7, 11) is -2.04. The van der Waals surface area contributed by atoms with Crippen LogP contribution in [0.15, 0.2) is 57.8 Å².